The predicted molar refractivity (Wildman–Crippen MR) is 511 cm³/mol. The van der Waals surface area contributed by atoms with E-state index in [0.717, 1.165) is 18.9 Å². The van der Waals surface area contributed by atoms with Crippen LogP contribution in [0.15, 0.2) is 23.5 Å². The number of aliphatic hydroxyl groups is 4. The molecule has 2 fully saturated rings. The van der Waals surface area contributed by atoms with Gasteiger partial charge < -0.3 is 138 Å². The Bertz CT molecular complexity index is 4200. The number of aliphatic hydroxyl groups excluding tert-OH is 4. The molecule has 2 saturated heterocycles. The Labute approximate surface area is 815 Å². The Morgan fingerprint density at radius 1 is 0.468 bits per heavy atom. The molecule has 27 N–H and O–H groups in total. The minimum absolute atomic E-state index is 0.0437. The molecule has 0 aromatic carbocycles. The van der Waals surface area contributed by atoms with Crippen molar-refractivity contribution < 1.29 is 121 Å². The fourth-order valence-corrected chi connectivity index (χ4v) is 15.2. The van der Waals surface area contributed by atoms with Crippen LogP contribution in [0.5, 0.6) is 0 Å². The molecule has 2 aliphatic rings. The highest BCUT2D eigenvalue weighted by atomic mass is 16.5. The molecular formula is C93H161N21O25. The van der Waals surface area contributed by atoms with E-state index in [4.69, 9.17) is 21.9 Å². The monoisotopic (exact) mass is 1970 g/mol. The third-order valence-electron chi connectivity index (χ3n) is 23.2. The number of amides is 19. The number of likely N-dealkylation sites (tertiary alicyclic amines) is 1. The number of hydrogen-bond donors (Lipinski definition) is 24. The molecule has 46 heteroatoms. The first-order valence-electron chi connectivity index (χ1n) is 48.4. The third kappa shape index (κ3) is 42.3. The van der Waals surface area contributed by atoms with Crippen LogP contribution in [0.2, 0.25) is 0 Å². The third-order valence-corrected chi connectivity index (χ3v) is 23.2. The molecule has 2 heterocycles. The summed E-state index contributed by atoms with van der Waals surface area (Å²) in [6.07, 6.45) is 2.00. The van der Waals surface area contributed by atoms with Gasteiger partial charge in [0, 0.05) is 19.6 Å². The molecule has 0 aliphatic carbocycles. The second-order valence-corrected chi connectivity index (χ2v) is 38.4. The molecule has 0 bridgehead atoms. The number of hydrogen-bond acceptors (Lipinski definition) is 27. The van der Waals surface area contributed by atoms with E-state index in [1.807, 2.05) is 6.92 Å². The summed E-state index contributed by atoms with van der Waals surface area (Å²) < 4.78 is 5.80. The molecule has 0 spiro atoms. The summed E-state index contributed by atoms with van der Waals surface area (Å²) in [5.41, 5.74) is 16.5. The summed E-state index contributed by atoms with van der Waals surface area (Å²) in [7, 11) is 0. The standard InChI is InChI=1S/C93H161N21O25/c1-21-24-25-29-55(118)43-69(120)97-57(23-3)92(137)114-38-28-31-67(114)85(130)106-65(44-116)83(128)104-63(41-47(6)7)81(126)109-71(50(12)13)89(134)107-66(45-117)84(129)105-64(42-48(8)9)82(127)110-74(53(18)19)90(135)111-72(51(14)15)87(132)100-58(32-33-68(96)119)77(122)103-62(40-46(4)5)80(125)108-70(49(10)11)86(131)98-56(22-2)76(121)113-75-54(20)139-93(138)61(30-26-27-36-94)102-78(123)59(34-37-95)99-79(124)60(35-39-115)101-88(133)73(52(16)17)112-91(75)136/h22-23,46-55,58-67,70-75,115-118H,21,24-45,94-95H2,1-20H3,(H2,96,119)(H,97,120)(H,98,131)(H,99,124)(H,100,132)(H,101,133)(H,102,123)(H,103,122)(H,104,128)(H,105,129)(H,106,130)(H,107,134)(H,108,125)(H,109,126)(H,110,127)(H,111,135)(H,112,136)(H,113,121)/b56-22-,57-23-/t54-,55?,58-,59-,60+,61+,62+,63+,64-,65+,66-,67-,70-,71-,72+,73+,74-,75-/m1/s1. The summed E-state index contributed by atoms with van der Waals surface area (Å²) in [5.74, 6) is -23.8. The number of esters is 1. The van der Waals surface area contributed by atoms with E-state index in [-0.39, 0.29) is 101 Å². The second-order valence-electron chi connectivity index (χ2n) is 38.4. The molecule has 46 nitrogen and oxygen atoms in total. The van der Waals surface area contributed by atoms with Gasteiger partial charge in [-0.15, -0.1) is 0 Å². The van der Waals surface area contributed by atoms with Crippen molar-refractivity contribution in [2.75, 3.05) is 39.5 Å². The quantitative estimate of drug-likeness (QED) is 0.0157. The van der Waals surface area contributed by atoms with Crippen molar-refractivity contribution in [1.29, 1.82) is 0 Å². The molecular weight excluding hydrogens is 1810 g/mol. The van der Waals surface area contributed by atoms with Crippen molar-refractivity contribution in [3.63, 3.8) is 0 Å². The SMILES string of the molecule is C/C=C(\NC(=O)[C@H](NC(=O)[C@H](CC(C)C)NC(=O)[C@@H](CCC(N)=O)NC(=O)[C@@H](NC(=O)[C@H](NC(=O)[C@@H](CC(C)C)NC(=O)[C@@H](CO)NC(=O)[C@H](NC(=O)[C@H](CC(C)C)NC(=O)[C@H](CO)NC(=O)[C@H]1CCCN1C(=O)/C(=C/C)NC(=O)CC(O)CCCCC)C(C)C)C(C)C)C(C)C)C(C)C)C(=O)N[C@H]1C(=O)N[C@@H](C(C)C)C(=O)N[C@@H](CCO)C(=O)N[C@H](CCN)C(=O)N[C@@H](CCCCN)C(=O)O[C@@H]1C. The average molecular weight is 1970 g/mol. The Balaban J connectivity index is 2.44. The molecule has 2 aliphatic heterocycles. The van der Waals surface area contributed by atoms with Crippen LogP contribution >= 0.6 is 0 Å². The zero-order valence-corrected chi connectivity index (χ0v) is 84.5. The minimum atomic E-state index is -1.89. The average Bonchev–Trinajstić information content (AvgIpc) is 1.67. The number of carbonyl (C=O) groups excluding carboxylic acids is 20. The van der Waals surface area contributed by atoms with Gasteiger partial charge in [0.2, 0.25) is 100 Å². The van der Waals surface area contributed by atoms with Crippen molar-refractivity contribution in [1.82, 2.24) is 95.3 Å². The molecule has 788 valence electrons. The van der Waals surface area contributed by atoms with E-state index in [2.05, 4.69) is 90.4 Å². The maximum Gasteiger partial charge on any atom is 0.328 e. The Hall–Kier alpha value is -11.4. The largest absolute Gasteiger partial charge is 0.458 e. The first-order valence-corrected chi connectivity index (χ1v) is 48.4. The van der Waals surface area contributed by atoms with Crippen molar-refractivity contribution >= 4 is 118 Å². The van der Waals surface area contributed by atoms with Gasteiger partial charge in [-0.1, -0.05) is 149 Å². The zero-order valence-electron chi connectivity index (χ0n) is 84.5. The molecule has 0 aromatic rings. The fraction of sp³-hybridized carbons (Fsp3) is 0.742. The molecule has 19 amide bonds. The normalized spacial score (nSPS) is 19.9. The lowest BCUT2D eigenvalue weighted by atomic mass is 9.97. The van der Waals surface area contributed by atoms with Crippen LogP contribution in [0.25, 0.3) is 0 Å². The molecule has 0 saturated carbocycles. The minimum Gasteiger partial charge on any atom is -0.458 e. The number of nitrogens with one attached hydrogen (secondary N) is 17. The Morgan fingerprint density at radius 2 is 0.892 bits per heavy atom. The van der Waals surface area contributed by atoms with Gasteiger partial charge in [-0.2, -0.15) is 0 Å². The Kier molecular flexibility index (Phi) is 55.7. The smallest absolute Gasteiger partial charge is 0.328 e. The Morgan fingerprint density at radius 3 is 1.32 bits per heavy atom. The summed E-state index contributed by atoms with van der Waals surface area (Å²) >= 11 is 0. The first-order chi connectivity index (χ1) is 65.2. The topological polar surface area (TPSA) is 717 Å². The van der Waals surface area contributed by atoms with E-state index < -0.39 is 295 Å². The zero-order chi connectivity index (χ0) is 106. The van der Waals surface area contributed by atoms with Crippen LogP contribution in [0.4, 0.5) is 0 Å². The highest BCUT2D eigenvalue weighted by molar-refractivity contribution is 6.05. The first kappa shape index (κ1) is 124. The highest BCUT2D eigenvalue weighted by Crippen LogP contribution is 2.23. The number of allylic oxidation sites excluding steroid dienone is 2. The summed E-state index contributed by atoms with van der Waals surface area (Å²) in [5, 5.41) is 84.7. The van der Waals surface area contributed by atoms with Crippen LogP contribution in [0.1, 0.15) is 248 Å². The van der Waals surface area contributed by atoms with Crippen LogP contribution in [0, 0.1) is 47.3 Å². The molecule has 139 heavy (non-hydrogen) atoms. The van der Waals surface area contributed by atoms with Gasteiger partial charge >= 0.3 is 5.97 Å². The lowest BCUT2D eigenvalue weighted by molar-refractivity contribution is -0.156. The number of primary amides is 1. The van der Waals surface area contributed by atoms with E-state index in [1.54, 1.807) is 96.9 Å². The van der Waals surface area contributed by atoms with Crippen LogP contribution in [0.3, 0.4) is 0 Å². The van der Waals surface area contributed by atoms with Crippen LogP contribution in [-0.4, -0.2) is 292 Å². The number of cyclic esters (lactones) is 1. The maximum atomic E-state index is 14.7. The maximum absolute atomic E-state index is 14.7. The number of nitrogens with zero attached hydrogens (tertiary/aromatic N) is 1. The van der Waals surface area contributed by atoms with Gasteiger partial charge in [-0.25, -0.2) is 4.79 Å². The number of ether oxygens (including phenoxy) is 1. The van der Waals surface area contributed by atoms with E-state index in [0.29, 0.717) is 25.7 Å². The van der Waals surface area contributed by atoms with E-state index in [1.165, 1.54) is 45.6 Å². The van der Waals surface area contributed by atoms with Crippen molar-refractivity contribution in [3.8, 4) is 0 Å². The fourth-order valence-electron chi connectivity index (χ4n) is 15.2. The van der Waals surface area contributed by atoms with Crippen molar-refractivity contribution in [2.24, 2.45) is 64.5 Å². The van der Waals surface area contributed by atoms with Crippen molar-refractivity contribution in [2.45, 2.75) is 357 Å². The lowest BCUT2D eigenvalue weighted by Gasteiger charge is -2.31. The van der Waals surface area contributed by atoms with Gasteiger partial charge in [-0.3, -0.25) is 91.1 Å². The summed E-state index contributed by atoms with van der Waals surface area (Å²) in [6, 6.07) is -24.2. The van der Waals surface area contributed by atoms with Gasteiger partial charge in [0.1, 0.15) is 114 Å². The van der Waals surface area contributed by atoms with Gasteiger partial charge in [0.25, 0.3) is 11.8 Å². The van der Waals surface area contributed by atoms with E-state index in [9.17, 15) is 116 Å². The summed E-state index contributed by atoms with van der Waals surface area (Å²) in [6.45, 7) is 29.4. The number of carbonyl (C=O) groups is 20. The molecule has 18 atom stereocenters. The van der Waals surface area contributed by atoms with Crippen LogP contribution in [-0.2, 0) is 101 Å². The molecule has 1 unspecified atom stereocenters. The predicted octanol–water partition coefficient (Wildman–Crippen LogP) is -3.91. The lowest BCUT2D eigenvalue weighted by Crippen LogP contribution is -2.63. The van der Waals surface area contributed by atoms with Crippen LogP contribution < -0.4 is 108 Å². The number of unbranched alkanes of at least 4 members (excludes halogenated alkanes) is 3. The summed E-state index contributed by atoms with van der Waals surface area (Å²) in [4.78, 5) is 283. The van der Waals surface area contributed by atoms with Gasteiger partial charge in [-0.05, 0) is 158 Å². The molecule has 2 rings (SSSR count). The second kappa shape index (κ2) is 62.6. The van der Waals surface area contributed by atoms with E-state index >= 15 is 0 Å². The van der Waals surface area contributed by atoms with Gasteiger partial charge in [0.05, 0.1) is 25.7 Å². The van der Waals surface area contributed by atoms with Crippen molar-refractivity contribution in [3.05, 3.63) is 23.5 Å². The molecule has 0 radical (unpaired) electrons. The highest BCUT2D eigenvalue weighted by Gasteiger charge is 2.44. The number of rotatable bonds is 56. The van der Waals surface area contributed by atoms with Gasteiger partial charge in [0.15, 0.2) is 0 Å². The number of nitrogens with two attached hydrogens (primary N) is 3. The molecule has 0 aromatic heterocycles.